The first-order valence-electron chi connectivity index (χ1n) is 2.85. The Kier molecular flexibility index (Phi) is 1.94. The minimum atomic E-state index is 0.612. The number of aryl methyl sites for hydroxylation is 1. The second-order valence-corrected chi connectivity index (χ2v) is 1.83. The Hall–Kier alpha value is -1.45. The maximum Gasteiger partial charge on any atom is 0.168 e. The zero-order valence-electron chi connectivity index (χ0n) is 5.70. The molecule has 0 saturated carbocycles. The molecule has 0 saturated heterocycles. The number of rotatable bonds is 2. The van der Waals surface area contributed by atoms with Crippen molar-refractivity contribution >= 4 is 12.5 Å². The highest BCUT2D eigenvalue weighted by Gasteiger charge is 1.88. The van der Waals surface area contributed by atoms with E-state index in [9.17, 15) is 0 Å². The van der Waals surface area contributed by atoms with Gasteiger partial charge >= 0.3 is 0 Å². The van der Waals surface area contributed by atoms with Gasteiger partial charge in [-0.15, -0.1) is 5.10 Å². The zero-order valence-corrected chi connectivity index (χ0v) is 5.70. The van der Waals surface area contributed by atoms with Crippen LogP contribution in [0.25, 0.3) is 0 Å². The highest BCUT2D eigenvalue weighted by atomic mass is 15.3. The monoisotopic (exact) mass is 136 g/mol. The third-order valence-electron chi connectivity index (χ3n) is 0.991. The van der Waals surface area contributed by atoms with Gasteiger partial charge in [0.25, 0.3) is 0 Å². The summed E-state index contributed by atoms with van der Waals surface area (Å²) in [5.41, 5.74) is 3.46. The van der Waals surface area contributed by atoms with E-state index in [2.05, 4.69) is 27.4 Å². The molecular formula is C6H8N4. The van der Waals surface area contributed by atoms with Crippen LogP contribution in [0.2, 0.25) is 0 Å². The molecule has 1 rings (SSSR count). The van der Waals surface area contributed by atoms with Crippen molar-refractivity contribution in [2.24, 2.45) is 5.10 Å². The van der Waals surface area contributed by atoms with Gasteiger partial charge in [-0.1, -0.05) is 0 Å². The summed E-state index contributed by atoms with van der Waals surface area (Å²) in [6.07, 6.45) is 0. The van der Waals surface area contributed by atoms with E-state index in [1.54, 1.807) is 6.07 Å². The Labute approximate surface area is 59.0 Å². The Morgan fingerprint density at radius 1 is 1.50 bits per heavy atom. The average Bonchev–Trinajstić information content (AvgIpc) is 1.95. The number of nitrogens with zero attached hydrogens (tertiary/aromatic N) is 3. The van der Waals surface area contributed by atoms with E-state index in [0.717, 1.165) is 5.69 Å². The average molecular weight is 136 g/mol. The second kappa shape index (κ2) is 2.91. The maximum atomic E-state index is 3.80. The number of nitrogens with one attached hydrogen (secondary N) is 1. The van der Waals surface area contributed by atoms with Gasteiger partial charge in [-0.2, -0.15) is 10.2 Å². The van der Waals surface area contributed by atoms with Crippen LogP contribution in [0, 0.1) is 6.92 Å². The standard InChI is InChI=1S/C6H8N4/c1-5-3-4-6(9-7-2)10-8-5/h3-4H,2H2,1H3,(H,9,10). The molecule has 0 aliphatic rings. The quantitative estimate of drug-likeness (QED) is 0.483. The largest absolute Gasteiger partial charge is 0.260 e. The summed E-state index contributed by atoms with van der Waals surface area (Å²) in [4.78, 5) is 0. The van der Waals surface area contributed by atoms with E-state index in [0.29, 0.717) is 5.82 Å². The van der Waals surface area contributed by atoms with Gasteiger partial charge in [0.2, 0.25) is 0 Å². The molecule has 1 N–H and O–H groups in total. The fourth-order valence-electron chi connectivity index (χ4n) is 0.540. The number of hydrazone groups is 1. The molecule has 1 aromatic rings. The minimum Gasteiger partial charge on any atom is -0.260 e. The summed E-state index contributed by atoms with van der Waals surface area (Å²) >= 11 is 0. The highest BCUT2D eigenvalue weighted by molar-refractivity contribution is 5.35. The van der Waals surface area contributed by atoms with Crippen molar-refractivity contribution in [2.75, 3.05) is 5.43 Å². The van der Waals surface area contributed by atoms with Crippen LogP contribution in [-0.4, -0.2) is 16.9 Å². The van der Waals surface area contributed by atoms with E-state index in [-0.39, 0.29) is 0 Å². The van der Waals surface area contributed by atoms with Crippen molar-refractivity contribution in [3.8, 4) is 0 Å². The lowest BCUT2D eigenvalue weighted by molar-refractivity contribution is 0.976. The van der Waals surface area contributed by atoms with Gasteiger partial charge in [0, 0.05) is 6.72 Å². The first kappa shape index (κ1) is 6.67. The first-order valence-corrected chi connectivity index (χ1v) is 2.85. The Balaban J connectivity index is 2.78. The number of hydrogen-bond acceptors (Lipinski definition) is 4. The van der Waals surface area contributed by atoms with E-state index in [1.807, 2.05) is 13.0 Å². The normalized spacial score (nSPS) is 8.90. The van der Waals surface area contributed by atoms with Crippen LogP contribution >= 0.6 is 0 Å². The Morgan fingerprint density at radius 2 is 2.30 bits per heavy atom. The van der Waals surface area contributed by atoms with Crippen molar-refractivity contribution in [1.82, 2.24) is 10.2 Å². The molecule has 0 amide bonds. The molecule has 0 bridgehead atoms. The van der Waals surface area contributed by atoms with E-state index in [1.165, 1.54) is 0 Å². The summed E-state index contributed by atoms with van der Waals surface area (Å²) in [7, 11) is 0. The molecule has 52 valence electrons. The van der Waals surface area contributed by atoms with E-state index in [4.69, 9.17) is 0 Å². The molecule has 0 aromatic carbocycles. The number of anilines is 1. The Bertz CT molecular complexity index is 216. The number of hydrogen-bond donors (Lipinski definition) is 1. The fourth-order valence-corrected chi connectivity index (χ4v) is 0.540. The lowest BCUT2D eigenvalue weighted by atomic mass is 10.4. The summed E-state index contributed by atoms with van der Waals surface area (Å²) in [5, 5.41) is 11.0. The Morgan fingerprint density at radius 3 is 2.80 bits per heavy atom. The molecular weight excluding hydrogens is 128 g/mol. The van der Waals surface area contributed by atoms with Gasteiger partial charge in [0.15, 0.2) is 5.82 Å². The summed E-state index contributed by atoms with van der Waals surface area (Å²) in [5.74, 6) is 0.612. The van der Waals surface area contributed by atoms with Crippen LogP contribution in [0.1, 0.15) is 5.69 Å². The molecule has 4 nitrogen and oxygen atoms in total. The third-order valence-corrected chi connectivity index (χ3v) is 0.991. The SMILES string of the molecule is C=NNc1ccc(C)nn1. The smallest absolute Gasteiger partial charge is 0.168 e. The molecule has 0 unspecified atom stereocenters. The van der Waals surface area contributed by atoms with Crippen LogP contribution in [0.5, 0.6) is 0 Å². The van der Waals surface area contributed by atoms with Crippen LogP contribution in [0.3, 0.4) is 0 Å². The summed E-state index contributed by atoms with van der Waals surface area (Å²) in [6, 6.07) is 3.64. The minimum absolute atomic E-state index is 0.612. The van der Waals surface area contributed by atoms with Crippen LogP contribution < -0.4 is 5.43 Å². The molecule has 1 aromatic heterocycles. The van der Waals surface area contributed by atoms with Crippen molar-refractivity contribution in [3.63, 3.8) is 0 Å². The predicted octanol–water partition coefficient (Wildman–Crippen LogP) is 0.813. The third kappa shape index (κ3) is 1.51. The fraction of sp³-hybridized carbons (Fsp3) is 0.167. The molecule has 0 fully saturated rings. The van der Waals surface area contributed by atoms with Crippen molar-refractivity contribution < 1.29 is 0 Å². The molecule has 10 heavy (non-hydrogen) atoms. The van der Waals surface area contributed by atoms with Crippen LogP contribution in [0.4, 0.5) is 5.82 Å². The first-order chi connectivity index (χ1) is 4.83. The predicted molar refractivity (Wildman–Crippen MR) is 39.9 cm³/mol. The van der Waals surface area contributed by atoms with Crippen molar-refractivity contribution in [3.05, 3.63) is 17.8 Å². The van der Waals surface area contributed by atoms with E-state index < -0.39 is 0 Å². The van der Waals surface area contributed by atoms with Gasteiger partial charge in [0.05, 0.1) is 5.69 Å². The lowest BCUT2D eigenvalue weighted by Crippen LogP contribution is -1.93. The van der Waals surface area contributed by atoms with Crippen LogP contribution in [0.15, 0.2) is 17.2 Å². The topological polar surface area (TPSA) is 50.2 Å². The molecule has 0 atom stereocenters. The lowest BCUT2D eigenvalue weighted by Gasteiger charge is -1.95. The zero-order chi connectivity index (χ0) is 7.40. The molecule has 4 heteroatoms. The van der Waals surface area contributed by atoms with Gasteiger partial charge < -0.3 is 0 Å². The molecule has 0 radical (unpaired) electrons. The van der Waals surface area contributed by atoms with Gasteiger partial charge in [0.1, 0.15) is 0 Å². The van der Waals surface area contributed by atoms with E-state index >= 15 is 0 Å². The van der Waals surface area contributed by atoms with Crippen LogP contribution in [-0.2, 0) is 0 Å². The summed E-state index contributed by atoms with van der Waals surface area (Å²) < 4.78 is 0. The molecule has 1 heterocycles. The summed E-state index contributed by atoms with van der Waals surface area (Å²) in [6.45, 7) is 5.12. The van der Waals surface area contributed by atoms with Gasteiger partial charge in [-0.25, -0.2) is 0 Å². The van der Waals surface area contributed by atoms with Crippen molar-refractivity contribution in [2.45, 2.75) is 6.92 Å². The second-order valence-electron chi connectivity index (χ2n) is 1.83. The molecule has 0 aliphatic heterocycles. The highest BCUT2D eigenvalue weighted by Crippen LogP contribution is 1.99. The van der Waals surface area contributed by atoms with Gasteiger partial charge in [-0.3, -0.25) is 5.43 Å². The van der Waals surface area contributed by atoms with Gasteiger partial charge in [-0.05, 0) is 19.1 Å². The molecule has 0 aliphatic carbocycles. The maximum absolute atomic E-state index is 3.80. The molecule has 0 spiro atoms. The van der Waals surface area contributed by atoms with Crippen molar-refractivity contribution in [1.29, 1.82) is 0 Å². The number of aromatic nitrogens is 2.